The first-order valence-electron chi connectivity index (χ1n) is 5.04. The van der Waals surface area contributed by atoms with E-state index in [-0.39, 0.29) is 5.78 Å². The molecule has 3 nitrogen and oxygen atoms in total. The van der Waals surface area contributed by atoms with Crippen molar-refractivity contribution in [2.75, 3.05) is 0 Å². The molecule has 1 aromatic carbocycles. The Balaban J connectivity index is 2.10. The molecule has 80 valence electrons. The molecule has 0 aliphatic heterocycles. The lowest BCUT2D eigenvalue weighted by Gasteiger charge is -1.94. The Labute approximate surface area is 93.8 Å². The van der Waals surface area contributed by atoms with E-state index in [4.69, 9.17) is 0 Å². The van der Waals surface area contributed by atoms with Crippen molar-refractivity contribution in [3.63, 3.8) is 0 Å². The fourth-order valence-corrected chi connectivity index (χ4v) is 1.33. The predicted molar refractivity (Wildman–Crippen MR) is 63.1 cm³/mol. The number of carbonyl (C=O) groups excluding carboxylic acids is 1. The summed E-state index contributed by atoms with van der Waals surface area (Å²) >= 11 is 0. The molecule has 0 atom stereocenters. The van der Waals surface area contributed by atoms with Gasteiger partial charge in [-0.25, -0.2) is 4.98 Å². The lowest BCUT2D eigenvalue weighted by molar-refractivity contribution is 0.103. The van der Waals surface area contributed by atoms with E-state index in [1.54, 1.807) is 18.5 Å². The summed E-state index contributed by atoms with van der Waals surface area (Å²) in [6.45, 7) is 2.03. The molecular weight excluding hydrogens is 200 g/mol. The Bertz CT molecular complexity index is 495. The molecule has 0 aliphatic carbocycles. The van der Waals surface area contributed by atoms with Gasteiger partial charge in [0, 0.05) is 12.4 Å². The number of rotatable bonds is 3. The van der Waals surface area contributed by atoms with Crippen LogP contribution in [0.2, 0.25) is 0 Å². The number of aromatic nitrogens is 2. The highest BCUT2D eigenvalue weighted by molar-refractivity contribution is 6.04. The maximum absolute atomic E-state index is 11.6. The fourth-order valence-electron chi connectivity index (χ4n) is 1.33. The van der Waals surface area contributed by atoms with E-state index in [1.165, 1.54) is 11.6 Å². The van der Waals surface area contributed by atoms with Crippen molar-refractivity contribution in [2.45, 2.75) is 6.92 Å². The first kappa shape index (κ1) is 10.4. The number of hydrogen-bond acceptors (Lipinski definition) is 2. The van der Waals surface area contributed by atoms with E-state index in [0.717, 1.165) is 5.56 Å². The quantitative estimate of drug-likeness (QED) is 0.628. The Kier molecular flexibility index (Phi) is 2.96. The molecule has 0 bridgehead atoms. The molecule has 0 saturated heterocycles. The van der Waals surface area contributed by atoms with Gasteiger partial charge in [-0.2, -0.15) is 0 Å². The maximum atomic E-state index is 11.6. The lowest BCUT2D eigenvalue weighted by atomic mass is 10.1. The van der Waals surface area contributed by atoms with E-state index >= 15 is 0 Å². The summed E-state index contributed by atoms with van der Waals surface area (Å²) < 4.78 is 0. The van der Waals surface area contributed by atoms with Crippen LogP contribution in [-0.4, -0.2) is 15.8 Å². The number of carbonyl (C=O) groups is 1. The average molecular weight is 212 g/mol. The highest BCUT2D eigenvalue weighted by Gasteiger charge is 2.02. The van der Waals surface area contributed by atoms with Crippen LogP contribution in [0.15, 0.2) is 42.7 Å². The number of nitrogens with zero attached hydrogens (tertiary/aromatic N) is 1. The summed E-state index contributed by atoms with van der Waals surface area (Å²) in [5, 5.41) is 0. The van der Waals surface area contributed by atoms with Crippen molar-refractivity contribution < 1.29 is 4.79 Å². The first-order chi connectivity index (χ1) is 7.75. The molecule has 0 aliphatic rings. The van der Waals surface area contributed by atoms with Crippen molar-refractivity contribution in [1.82, 2.24) is 9.97 Å². The zero-order valence-electron chi connectivity index (χ0n) is 8.97. The van der Waals surface area contributed by atoms with E-state index in [1.807, 2.05) is 31.2 Å². The second-order valence-electron chi connectivity index (χ2n) is 3.55. The molecule has 0 unspecified atom stereocenters. The molecule has 0 radical (unpaired) electrons. The number of allylic oxidation sites excluding steroid dienone is 1. The minimum absolute atomic E-state index is 0.120. The molecule has 2 rings (SSSR count). The summed E-state index contributed by atoms with van der Waals surface area (Å²) in [5.74, 6) is 0.244. The monoisotopic (exact) mass is 212 g/mol. The van der Waals surface area contributed by atoms with Crippen LogP contribution in [0.5, 0.6) is 0 Å². The zero-order valence-corrected chi connectivity index (χ0v) is 8.97. The van der Waals surface area contributed by atoms with Crippen molar-refractivity contribution in [3.05, 3.63) is 59.7 Å². The number of nitrogens with one attached hydrogen (secondary N) is 1. The molecule has 1 aromatic heterocycles. The van der Waals surface area contributed by atoms with Gasteiger partial charge in [-0.3, -0.25) is 4.79 Å². The van der Waals surface area contributed by atoms with Gasteiger partial charge in [0.15, 0.2) is 5.82 Å². The first-order valence-corrected chi connectivity index (χ1v) is 5.04. The van der Waals surface area contributed by atoms with Crippen LogP contribution in [0.4, 0.5) is 0 Å². The molecule has 0 saturated carbocycles. The number of benzene rings is 1. The molecule has 3 heteroatoms. The van der Waals surface area contributed by atoms with Crippen LogP contribution >= 0.6 is 0 Å². The predicted octanol–water partition coefficient (Wildman–Crippen LogP) is 2.61. The molecular formula is C13H12N2O. The summed E-state index contributed by atoms with van der Waals surface area (Å²) in [6.07, 6.45) is 6.49. The molecule has 0 amide bonds. The largest absolute Gasteiger partial charge is 0.342 e. The maximum Gasteiger partial charge on any atom is 0.221 e. The van der Waals surface area contributed by atoms with E-state index in [9.17, 15) is 4.79 Å². The van der Waals surface area contributed by atoms with E-state index in [0.29, 0.717) is 5.82 Å². The van der Waals surface area contributed by atoms with Crippen molar-refractivity contribution in [2.24, 2.45) is 0 Å². The van der Waals surface area contributed by atoms with Crippen LogP contribution in [0.3, 0.4) is 0 Å². The van der Waals surface area contributed by atoms with Gasteiger partial charge in [0.2, 0.25) is 5.78 Å². The van der Waals surface area contributed by atoms with Crippen molar-refractivity contribution >= 4 is 11.9 Å². The average Bonchev–Trinajstić information content (AvgIpc) is 2.81. The third kappa shape index (κ3) is 2.45. The molecule has 1 heterocycles. The summed E-state index contributed by atoms with van der Waals surface area (Å²) in [4.78, 5) is 18.2. The third-order valence-electron chi connectivity index (χ3n) is 2.24. The number of H-pyrrole nitrogens is 1. The molecule has 0 spiro atoms. The van der Waals surface area contributed by atoms with Crippen LogP contribution < -0.4 is 0 Å². The summed E-state index contributed by atoms with van der Waals surface area (Å²) in [5.41, 5.74) is 2.21. The number of aromatic amines is 1. The lowest BCUT2D eigenvalue weighted by Crippen LogP contribution is -1.96. The van der Waals surface area contributed by atoms with Gasteiger partial charge in [0.1, 0.15) is 0 Å². The van der Waals surface area contributed by atoms with Crippen molar-refractivity contribution in [1.29, 1.82) is 0 Å². The Morgan fingerprint density at radius 3 is 2.69 bits per heavy atom. The number of ketones is 1. The normalized spacial score (nSPS) is 10.8. The van der Waals surface area contributed by atoms with Crippen LogP contribution in [-0.2, 0) is 0 Å². The second-order valence-corrected chi connectivity index (χ2v) is 3.55. The van der Waals surface area contributed by atoms with Crippen molar-refractivity contribution in [3.8, 4) is 0 Å². The van der Waals surface area contributed by atoms with Gasteiger partial charge in [-0.05, 0) is 18.6 Å². The molecule has 0 fully saturated rings. The van der Waals surface area contributed by atoms with Gasteiger partial charge < -0.3 is 4.98 Å². The number of aryl methyl sites for hydroxylation is 1. The van der Waals surface area contributed by atoms with E-state index < -0.39 is 0 Å². The number of hydrogen-bond donors (Lipinski definition) is 1. The molecule has 1 N–H and O–H groups in total. The zero-order chi connectivity index (χ0) is 11.4. The minimum Gasteiger partial charge on any atom is -0.342 e. The number of imidazole rings is 1. The van der Waals surface area contributed by atoms with Crippen LogP contribution in [0.25, 0.3) is 6.08 Å². The fraction of sp³-hybridized carbons (Fsp3) is 0.0769. The van der Waals surface area contributed by atoms with Gasteiger partial charge in [-0.1, -0.05) is 35.9 Å². The topological polar surface area (TPSA) is 45.8 Å². The smallest absolute Gasteiger partial charge is 0.221 e. The van der Waals surface area contributed by atoms with Gasteiger partial charge in [0.05, 0.1) is 0 Å². The highest BCUT2D eigenvalue weighted by Crippen LogP contribution is 2.05. The minimum atomic E-state index is -0.120. The third-order valence-corrected chi connectivity index (χ3v) is 2.24. The van der Waals surface area contributed by atoms with E-state index in [2.05, 4.69) is 9.97 Å². The van der Waals surface area contributed by atoms with Crippen LogP contribution in [0.1, 0.15) is 21.7 Å². The van der Waals surface area contributed by atoms with Gasteiger partial charge in [0.25, 0.3) is 0 Å². The molecule has 16 heavy (non-hydrogen) atoms. The Hall–Kier alpha value is -2.16. The Morgan fingerprint density at radius 2 is 2.06 bits per heavy atom. The van der Waals surface area contributed by atoms with Gasteiger partial charge >= 0.3 is 0 Å². The second kappa shape index (κ2) is 4.57. The highest BCUT2D eigenvalue weighted by atomic mass is 16.1. The van der Waals surface area contributed by atoms with Crippen LogP contribution in [0, 0.1) is 6.92 Å². The van der Waals surface area contributed by atoms with Gasteiger partial charge in [-0.15, -0.1) is 0 Å². The summed E-state index contributed by atoms with van der Waals surface area (Å²) in [7, 11) is 0. The standard InChI is InChI=1S/C13H12N2O/c1-10-2-4-11(5-3-10)6-7-12(16)13-14-8-9-15-13/h2-9H,1H3,(H,14,15). The molecule has 2 aromatic rings. The SMILES string of the molecule is Cc1ccc(C=CC(=O)c2ncc[nH]2)cc1. The summed E-state index contributed by atoms with van der Waals surface area (Å²) in [6, 6.07) is 7.97. The Morgan fingerprint density at radius 1 is 1.31 bits per heavy atom.